The molecule has 2 aliphatic heterocycles. The average Bonchev–Trinajstić information content (AvgIpc) is 2.80. The molecule has 0 saturated carbocycles. The molecule has 2 fully saturated rings. The van der Waals surface area contributed by atoms with Crippen LogP contribution in [0.25, 0.3) is 0 Å². The van der Waals surface area contributed by atoms with Crippen LogP contribution in [0.3, 0.4) is 0 Å². The summed E-state index contributed by atoms with van der Waals surface area (Å²) in [4.78, 5) is 27.4. The third-order valence-electron chi connectivity index (χ3n) is 3.08. The molecule has 0 aromatic heterocycles. The predicted octanol–water partition coefficient (Wildman–Crippen LogP) is 1.74. The van der Waals surface area contributed by atoms with Gasteiger partial charge in [-0.1, -0.05) is 30.4 Å². The van der Waals surface area contributed by atoms with Crippen molar-refractivity contribution in [2.75, 3.05) is 13.1 Å². The summed E-state index contributed by atoms with van der Waals surface area (Å²) in [7, 11) is 0. The molecule has 0 aliphatic carbocycles. The first-order valence-electron chi connectivity index (χ1n) is 6.09. The highest BCUT2D eigenvalue weighted by atomic mass is 32.2. The number of carbonyl (C=O) groups is 2. The molecule has 1 N–H and O–H groups in total. The van der Waals surface area contributed by atoms with E-state index in [9.17, 15) is 9.59 Å². The lowest BCUT2D eigenvalue weighted by Crippen LogP contribution is -2.34. The Morgan fingerprint density at radius 3 is 2.55 bits per heavy atom. The average molecular weight is 353 g/mol. The van der Waals surface area contributed by atoms with E-state index in [-0.39, 0.29) is 27.8 Å². The molecule has 112 valence electrons. The molecule has 9 heteroatoms. The Labute approximate surface area is 137 Å². The highest BCUT2D eigenvalue weighted by molar-refractivity contribution is 8.14. The first-order valence-corrected chi connectivity index (χ1v) is 8.88. The molecule has 0 radical (unpaired) electrons. The standard InChI is InChI=1S/C11H16N2O3S4/c1-3-12-9(17)7(20-11(12)18)10-13(4-6(14)15)8(16)5(2)19-10/h5,9,11,17-18H,3-4H2,1-2H3,(H,14,15). The minimum Gasteiger partial charge on any atom is -0.480 e. The SMILES string of the molecule is CCN1C(S)SC(=C2SC(C)C(=O)N2CC(=O)O)C1S. The molecule has 0 bridgehead atoms. The van der Waals surface area contributed by atoms with Crippen LogP contribution in [0, 0.1) is 0 Å². The van der Waals surface area contributed by atoms with E-state index in [1.54, 1.807) is 6.92 Å². The van der Waals surface area contributed by atoms with Crippen LogP contribution >= 0.6 is 48.8 Å². The summed E-state index contributed by atoms with van der Waals surface area (Å²) in [6.45, 7) is 4.29. The van der Waals surface area contributed by atoms with E-state index in [0.29, 0.717) is 5.03 Å². The second-order valence-electron chi connectivity index (χ2n) is 4.40. The number of likely N-dealkylation sites (N-methyl/N-ethyl adjacent to an activating group) is 1. The van der Waals surface area contributed by atoms with Gasteiger partial charge in [0.25, 0.3) is 0 Å². The molecule has 3 atom stereocenters. The largest absolute Gasteiger partial charge is 0.480 e. The summed E-state index contributed by atoms with van der Waals surface area (Å²) >= 11 is 12.0. The summed E-state index contributed by atoms with van der Waals surface area (Å²) in [5, 5.41) is 9.28. The van der Waals surface area contributed by atoms with Crippen molar-refractivity contribution in [3.8, 4) is 0 Å². The van der Waals surface area contributed by atoms with Crippen LogP contribution in [0.5, 0.6) is 0 Å². The molecule has 2 heterocycles. The van der Waals surface area contributed by atoms with Crippen molar-refractivity contribution in [3.05, 3.63) is 9.93 Å². The molecule has 5 nitrogen and oxygen atoms in total. The molecule has 0 aromatic carbocycles. The Hall–Kier alpha value is 0.0400. The van der Waals surface area contributed by atoms with E-state index in [0.717, 1.165) is 11.4 Å². The number of hydrogen-bond acceptors (Lipinski definition) is 7. The number of carbonyl (C=O) groups excluding carboxylic acids is 1. The van der Waals surface area contributed by atoms with E-state index in [1.807, 2.05) is 6.92 Å². The Bertz CT molecular complexity index is 471. The van der Waals surface area contributed by atoms with Gasteiger partial charge in [-0.3, -0.25) is 19.4 Å². The predicted molar refractivity (Wildman–Crippen MR) is 88.9 cm³/mol. The minimum absolute atomic E-state index is 0.0247. The number of aliphatic carboxylic acids is 1. The van der Waals surface area contributed by atoms with Crippen molar-refractivity contribution in [1.29, 1.82) is 0 Å². The Morgan fingerprint density at radius 2 is 2.05 bits per heavy atom. The monoisotopic (exact) mass is 352 g/mol. The van der Waals surface area contributed by atoms with Crippen LogP contribution in [-0.2, 0) is 9.59 Å². The normalized spacial score (nSPS) is 35.1. The van der Waals surface area contributed by atoms with Crippen LogP contribution in [-0.4, -0.2) is 55.2 Å². The van der Waals surface area contributed by atoms with E-state index in [1.165, 1.54) is 28.4 Å². The van der Waals surface area contributed by atoms with Crippen molar-refractivity contribution < 1.29 is 14.7 Å². The maximum absolute atomic E-state index is 12.1. The Kier molecular flexibility index (Phi) is 5.28. The van der Waals surface area contributed by atoms with Crippen molar-refractivity contribution in [2.45, 2.75) is 29.2 Å². The van der Waals surface area contributed by atoms with Gasteiger partial charge in [0.2, 0.25) is 5.91 Å². The van der Waals surface area contributed by atoms with Gasteiger partial charge in [-0.05, 0) is 13.5 Å². The van der Waals surface area contributed by atoms with Crippen LogP contribution in [0.15, 0.2) is 9.93 Å². The molecule has 0 spiro atoms. The zero-order chi connectivity index (χ0) is 15.0. The Morgan fingerprint density at radius 1 is 1.40 bits per heavy atom. The maximum atomic E-state index is 12.1. The second-order valence-corrected chi connectivity index (χ2v) is 8.18. The first kappa shape index (κ1) is 16.4. The van der Waals surface area contributed by atoms with Crippen molar-refractivity contribution in [1.82, 2.24) is 9.80 Å². The van der Waals surface area contributed by atoms with Crippen molar-refractivity contribution in [3.63, 3.8) is 0 Å². The highest BCUT2D eigenvalue weighted by Crippen LogP contribution is 2.49. The van der Waals surface area contributed by atoms with Crippen LogP contribution in [0.2, 0.25) is 0 Å². The number of nitrogens with zero attached hydrogens (tertiary/aromatic N) is 2. The van der Waals surface area contributed by atoms with Gasteiger partial charge in [0.1, 0.15) is 11.3 Å². The highest BCUT2D eigenvalue weighted by Gasteiger charge is 2.42. The number of carboxylic acid groups (broad SMARTS) is 1. The molecular weight excluding hydrogens is 336 g/mol. The quantitative estimate of drug-likeness (QED) is 0.673. The third kappa shape index (κ3) is 2.96. The third-order valence-corrected chi connectivity index (χ3v) is 6.92. The smallest absolute Gasteiger partial charge is 0.323 e. The number of amides is 1. The first-order chi connectivity index (χ1) is 9.36. The lowest BCUT2D eigenvalue weighted by atomic mass is 10.4. The summed E-state index contributed by atoms with van der Waals surface area (Å²) in [6.07, 6.45) is 0. The zero-order valence-electron chi connectivity index (χ0n) is 11.0. The maximum Gasteiger partial charge on any atom is 0.323 e. The minimum atomic E-state index is -1.01. The van der Waals surface area contributed by atoms with E-state index in [2.05, 4.69) is 30.2 Å². The Balaban J connectivity index is 2.36. The summed E-state index contributed by atoms with van der Waals surface area (Å²) in [5.74, 6) is -1.17. The van der Waals surface area contributed by atoms with Crippen LogP contribution in [0.4, 0.5) is 0 Å². The second kappa shape index (κ2) is 6.43. The molecule has 3 unspecified atom stereocenters. The topological polar surface area (TPSA) is 60.9 Å². The number of thioether (sulfide) groups is 2. The number of hydrogen-bond donors (Lipinski definition) is 3. The van der Waals surface area contributed by atoms with E-state index in [4.69, 9.17) is 5.11 Å². The molecule has 0 aromatic rings. The van der Waals surface area contributed by atoms with Gasteiger partial charge in [-0.2, -0.15) is 12.6 Å². The molecule has 2 rings (SSSR count). The van der Waals surface area contributed by atoms with Gasteiger partial charge in [0.15, 0.2) is 0 Å². The van der Waals surface area contributed by atoms with Crippen molar-refractivity contribution >= 4 is 60.7 Å². The fraction of sp³-hybridized carbons (Fsp3) is 0.636. The molecular formula is C11H16N2O3S4. The van der Waals surface area contributed by atoms with E-state index < -0.39 is 5.97 Å². The lowest BCUT2D eigenvalue weighted by molar-refractivity contribution is -0.142. The molecule has 2 aliphatic rings. The summed E-state index contributed by atoms with van der Waals surface area (Å²) in [6, 6.07) is 0. The van der Waals surface area contributed by atoms with Crippen molar-refractivity contribution in [2.24, 2.45) is 0 Å². The molecule has 20 heavy (non-hydrogen) atoms. The van der Waals surface area contributed by atoms with Crippen LogP contribution < -0.4 is 0 Å². The summed E-state index contributed by atoms with van der Waals surface area (Å²) < 4.78 is -0.0247. The number of thiol groups is 2. The van der Waals surface area contributed by atoms with Gasteiger partial charge in [-0.25, -0.2) is 0 Å². The van der Waals surface area contributed by atoms with Gasteiger partial charge < -0.3 is 5.11 Å². The van der Waals surface area contributed by atoms with Gasteiger partial charge in [-0.15, -0.1) is 12.6 Å². The van der Waals surface area contributed by atoms with Gasteiger partial charge in [0.05, 0.1) is 15.7 Å². The number of carboxylic acids is 1. The number of rotatable bonds is 3. The fourth-order valence-corrected chi connectivity index (χ4v) is 6.06. The lowest BCUT2D eigenvalue weighted by Gasteiger charge is -2.22. The van der Waals surface area contributed by atoms with Crippen LogP contribution in [0.1, 0.15) is 13.8 Å². The van der Waals surface area contributed by atoms with E-state index >= 15 is 0 Å². The van der Waals surface area contributed by atoms with Gasteiger partial charge >= 0.3 is 5.97 Å². The fourth-order valence-electron chi connectivity index (χ4n) is 2.08. The zero-order valence-corrected chi connectivity index (χ0v) is 14.4. The van der Waals surface area contributed by atoms with Gasteiger partial charge in [0, 0.05) is 4.91 Å². The summed E-state index contributed by atoms with van der Waals surface area (Å²) in [5.41, 5.74) is 0. The molecule has 1 amide bonds. The molecule has 2 saturated heterocycles.